The second-order valence-electron chi connectivity index (χ2n) is 5.25. The lowest BCUT2D eigenvalue weighted by Gasteiger charge is -2.27. The minimum Gasteiger partial charge on any atom is -0.378 e. The van der Waals surface area contributed by atoms with Crippen LogP contribution in [0.25, 0.3) is 0 Å². The van der Waals surface area contributed by atoms with Gasteiger partial charge in [-0.3, -0.25) is 0 Å². The topological polar surface area (TPSA) is 46.2 Å². The van der Waals surface area contributed by atoms with Crippen LogP contribution in [0.3, 0.4) is 0 Å². The van der Waals surface area contributed by atoms with Gasteiger partial charge in [-0.05, 0) is 42.7 Å². The van der Waals surface area contributed by atoms with Crippen molar-refractivity contribution in [3.63, 3.8) is 0 Å². The molecule has 1 heterocycles. The number of anilines is 1. The van der Waals surface area contributed by atoms with Gasteiger partial charge in [-0.1, -0.05) is 40.2 Å². The Morgan fingerprint density at radius 2 is 1.90 bits per heavy atom. The molecule has 110 valence electrons. The molecular formula is C16H16BrNO2S. The average molecular weight is 366 g/mol. The minimum atomic E-state index is -3.13. The van der Waals surface area contributed by atoms with Crippen molar-refractivity contribution < 1.29 is 8.42 Å². The largest absolute Gasteiger partial charge is 0.378 e. The molecule has 0 bridgehead atoms. The standard InChI is InChI=1S/C16H16BrNO2S/c1-11-13(17)6-4-7-14(11)18-15-9-10-21(19,20)16-8-3-2-5-12(15)16/h2-8,15,18H,9-10H2,1H3. The summed E-state index contributed by atoms with van der Waals surface area (Å²) in [5, 5.41) is 3.49. The van der Waals surface area contributed by atoms with E-state index in [4.69, 9.17) is 0 Å². The molecule has 0 fully saturated rings. The number of hydrogen-bond donors (Lipinski definition) is 1. The number of fused-ring (bicyclic) bond motifs is 1. The van der Waals surface area contributed by atoms with Gasteiger partial charge in [0, 0.05) is 10.2 Å². The van der Waals surface area contributed by atoms with Gasteiger partial charge in [0.05, 0.1) is 16.7 Å². The van der Waals surface area contributed by atoms with Gasteiger partial charge in [-0.2, -0.15) is 0 Å². The summed E-state index contributed by atoms with van der Waals surface area (Å²) in [4.78, 5) is 0.460. The summed E-state index contributed by atoms with van der Waals surface area (Å²) in [6.07, 6.45) is 0.589. The SMILES string of the molecule is Cc1c(Br)cccc1NC1CCS(=O)(=O)c2ccccc21. The summed E-state index contributed by atoms with van der Waals surface area (Å²) in [7, 11) is -3.13. The first-order valence-electron chi connectivity index (χ1n) is 6.82. The Bertz CT molecular complexity index is 787. The molecule has 0 amide bonds. The van der Waals surface area contributed by atoms with Crippen molar-refractivity contribution in [3.05, 3.63) is 58.1 Å². The quantitative estimate of drug-likeness (QED) is 0.871. The van der Waals surface area contributed by atoms with E-state index in [1.54, 1.807) is 12.1 Å². The average Bonchev–Trinajstić information content (AvgIpc) is 2.47. The maximum absolute atomic E-state index is 12.2. The van der Waals surface area contributed by atoms with Crippen molar-refractivity contribution in [2.45, 2.75) is 24.3 Å². The predicted octanol–water partition coefficient (Wildman–Crippen LogP) is 4.09. The molecule has 1 unspecified atom stereocenters. The van der Waals surface area contributed by atoms with E-state index in [-0.39, 0.29) is 11.8 Å². The minimum absolute atomic E-state index is 0.0257. The molecule has 3 rings (SSSR count). The second-order valence-corrected chi connectivity index (χ2v) is 8.19. The van der Waals surface area contributed by atoms with Crippen LogP contribution in [0.1, 0.15) is 23.6 Å². The first kappa shape index (κ1) is 14.6. The van der Waals surface area contributed by atoms with Gasteiger partial charge < -0.3 is 5.32 Å². The number of halogens is 1. The maximum atomic E-state index is 12.2. The lowest BCUT2D eigenvalue weighted by atomic mass is 10.0. The number of benzene rings is 2. The first-order valence-corrected chi connectivity index (χ1v) is 9.27. The fourth-order valence-corrected chi connectivity index (χ4v) is 4.68. The van der Waals surface area contributed by atoms with Gasteiger partial charge in [0.2, 0.25) is 0 Å². The number of hydrogen-bond acceptors (Lipinski definition) is 3. The molecule has 1 aliphatic heterocycles. The van der Waals surface area contributed by atoms with Gasteiger partial charge in [0.1, 0.15) is 0 Å². The molecule has 2 aromatic rings. The van der Waals surface area contributed by atoms with Crippen molar-refractivity contribution in [1.29, 1.82) is 0 Å². The second kappa shape index (κ2) is 5.46. The lowest BCUT2D eigenvalue weighted by molar-refractivity contribution is 0.576. The van der Waals surface area contributed by atoms with Crippen LogP contribution in [-0.2, 0) is 9.84 Å². The molecule has 2 aromatic carbocycles. The van der Waals surface area contributed by atoms with Crippen molar-refractivity contribution in [1.82, 2.24) is 0 Å². The fraction of sp³-hybridized carbons (Fsp3) is 0.250. The molecule has 5 heteroatoms. The Labute approximate surface area is 133 Å². The van der Waals surface area contributed by atoms with Gasteiger partial charge >= 0.3 is 0 Å². The molecule has 0 spiro atoms. The zero-order valence-corrected chi connectivity index (χ0v) is 14.0. The van der Waals surface area contributed by atoms with E-state index in [0.29, 0.717) is 11.3 Å². The highest BCUT2D eigenvalue weighted by Gasteiger charge is 2.29. The van der Waals surface area contributed by atoms with Crippen LogP contribution in [0.4, 0.5) is 5.69 Å². The Morgan fingerprint density at radius 1 is 1.14 bits per heavy atom. The van der Waals surface area contributed by atoms with Crippen LogP contribution in [0.15, 0.2) is 51.8 Å². The molecule has 0 saturated heterocycles. The molecule has 1 aliphatic rings. The van der Waals surface area contributed by atoms with Crippen LogP contribution in [0, 0.1) is 6.92 Å². The van der Waals surface area contributed by atoms with Crippen molar-refractivity contribution >= 4 is 31.5 Å². The maximum Gasteiger partial charge on any atom is 0.178 e. The third kappa shape index (κ3) is 2.72. The zero-order chi connectivity index (χ0) is 15.0. The smallest absolute Gasteiger partial charge is 0.178 e. The highest BCUT2D eigenvalue weighted by molar-refractivity contribution is 9.10. The van der Waals surface area contributed by atoms with E-state index in [1.165, 1.54) is 0 Å². The van der Waals surface area contributed by atoms with Gasteiger partial charge in [0.25, 0.3) is 0 Å². The zero-order valence-electron chi connectivity index (χ0n) is 11.6. The van der Waals surface area contributed by atoms with Gasteiger partial charge in [0.15, 0.2) is 9.84 Å². The van der Waals surface area contributed by atoms with E-state index >= 15 is 0 Å². The summed E-state index contributed by atoms with van der Waals surface area (Å²) in [6, 6.07) is 13.3. The van der Waals surface area contributed by atoms with Gasteiger partial charge in [-0.15, -0.1) is 0 Å². The number of nitrogens with one attached hydrogen (secondary N) is 1. The molecule has 0 aliphatic carbocycles. The van der Waals surface area contributed by atoms with Crippen molar-refractivity contribution in [2.24, 2.45) is 0 Å². The van der Waals surface area contributed by atoms with E-state index in [2.05, 4.69) is 21.2 Å². The van der Waals surface area contributed by atoms with Crippen LogP contribution in [0.5, 0.6) is 0 Å². The molecule has 0 radical (unpaired) electrons. The van der Waals surface area contributed by atoms with Crippen LogP contribution >= 0.6 is 15.9 Å². The Kier molecular flexibility index (Phi) is 3.80. The van der Waals surface area contributed by atoms with E-state index < -0.39 is 9.84 Å². The highest BCUT2D eigenvalue weighted by atomic mass is 79.9. The summed E-state index contributed by atoms with van der Waals surface area (Å²) in [5.74, 6) is 0.189. The van der Waals surface area contributed by atoms with Crippen LogP contribution < -0.4 is 5.32 Å². The lowest BCUT2D eigenvalue weighted by Crippen LogP contribution is -2.24. The third-order valence-electron chi connectivity index (χ3n) is 3.90. The molecule has 21 heavy (non-hydrogen) atoms. The van der Waals surface area contributed by atoms with E-state index in [1.807, 2.05) is 37.3 Å². The Morgan fingerprint density at radius 3 is 2.71 bits per heavy atom. The predicted molar refractivity (Wildman–Crippen MR) is 88.4 cm³/mol. The fourth-order valence-electron chi connectivity index (χ4n) is 2.69. The molecule has 1 atom stereocenters. The number of rotatable bonds is 2. The monoisotopic (exact) mass is 365 g/mol. The highest BCUT2D eigenvalue weighted by Crippen LogP contribution is 2.35. The molecule has 3 nitrogen and oxygen atoms in total. The summed E-state index contributed by atoms with van der Waals surface area (Å²) >= 11 is 3.52. The van der Waals surface area contributed by atoms with E-state index in [9.17, 15) is 8.42 Å². The van der Waals surface area contributed by atoms with Crippen LogP contribution in [-0.4, -0.2) is 14.2 Å². The number of sulfone groups is 1. The Hall–Kier alpha value is -1.33. The molecule has 0 saturated carbocycles. The van der Waals surface area contributed by atoms with Crippen LogP contribution in [0.2, 0.25) is 0 Å². The van der Waals surface area contributed by atoms with Gasteiger partial charge in [-0.25, -0.2) is 8.42 Å². The molecule has 1 N–H and O–H groups in total. The van der Waals surface area contributed by atoms with Crippen molar-refractivity contribution in [3.8, 4) is 0 Å². The van der Waals surface area contributed by atoms with E-state index in [0.717, 1.165) is 21.3 Å². The summed E-state index contributed by atoms with van der Waals surface area (Å²) < 4.78 is 25.4. The first-order chi connectivity index (χ1) is 9.99. The molecule has 0 aromatic heterocycles. The summed E-state index contributed by atoms with van der Waals surface area (Å²) in [5.41, 5.74) is 3.02. The molecular weight excluding hydrogens is 350 g/mol. The van der Waals surface area contributed by atoms with Crippen molar-refractivity contribution in [2.75, 3.05) is 11.1 Å². The normalized spacial score (nSPS) is 19.8. The Balaban J connectivity index is 2.00. The third-order valence-corrected chi connectivity index (χ3v) is 6.58. The summed E-state index contributed by atoms with van der Waals surface area (Å²) in [6.45, 7) is 2.04.